The number of halogens is 4. The summed E-state index contributed by atoms with van der Waals surface area (Å²) < 4.78 is 58.3. The number of hydrogen-bond donors (Lipinski definition) is 0. The molecule has 0 radical (unpaired) electrons. The summed E-state index contributed by atoms with van der Waals surface area (Å²) in [6.07, 6.45) is -4.36. The zero-order chi connectivity index (χ0) is 27.1. The van der Waals surface area contributed by atoms with Crippen LogP contribution in [0.4, 0.5) is 24.7 Å². The lowest BCUT2D eigenvalue weighted by atomic mass is 10.0. The van der Waals surface area contributed by atoms with E-state index in [1.54, 1.807) is 38.4 Å². The maximum atomic E-state index is 13.5. The molecule has 0 atom stereocenters. The van der Waals surface area contributed by atoms with Crippen molar-refractivity contribution in [1.82, 2.24) is 9.55 Å². The molecule has 7 nitrogen and oxygen atoms in total. The van der Waals surface area contributed by atoms with E-state index in [0.717, 1.165) is 0 Å². The average Bonchev–Trinajstić information content (AvgIpc) is 3.70. The third-order valence-electron chi connectivity index (χ3n) is 6.82. The molecule has 0 saturated heterocycles. The van der Waals surface area contributed by atoms with Gasteiger partial charge in [0, 0.05) is 49.0 Å². The summed E-state index contributed by atoms with van der Waals surface area (Å²) in [5, 5.41) is 0.942. The van der Waals surface area contributed by atoms with Gasteiger partial charge in [0.1, 0.15) is 23.6 Å². The number of hydrogen-bond acceptors (Lipinski definition) is 6. The predicted octanol–water partition coefficient (Wildman–Crippen LogP) is 4.97. The van der Waals surface area contributed by atoms with E-state index in [0.29, 0.717) is 64.1 Å². The summed E-state index contributed by atoms with van der Waals surface area (Å²) in [5.41, 5.74) is -0.127. The first kappa shape index (κ1) is 26.4. The molecule has 0 bridgehead atoms. The Labute approximate surface area is 222 Å². The number of aryl methyl sites for hydroxylation is 1. The number of aromatic nitrogens is 2. The largest absolute Gasteiger partial charge is 0.490 e. The smallest absolute Gasteiger partial charge is 0.405 e. The second kappa shape index (κ2) is 10.1. The average molecular weight is 548 g/mol. The molecule has 38 heavy (non-hydrogen) atoms. The zero-order valence-corrected chi connectivity index (χ0v) is 21.6. The number of benzene rings is 2. The molecule has 0 N–H and O–H groups in total. The normalized spacial score (nSPS) is 16.4. The molecule has 1 fully saturated rings. The molecule has 1 aliphatic heterocycles. The highest BCUT2D eigenvalue weighted by Gasteiger charge is 2.62. The monoisotopic (exact) mass is 547 g/mol. The molecule has 2 aromatic carbocycles. The molecule has 200 valence electrons. The Morgan fingerprint density at radius 2 is 2.03 bits per heavy atom. The standard InChI is InChI=1S/C27H25ClF3N3O4/c1-33-22-15-23(38-13-12-36-2)20(28)14-18(22)24(32-25(33)35)34-10-11-37-16-19-17(4-3-5-21(19)34)6-7-26(8-9-26)27(29,30)31/h3-5,14-15H,8-13,16H2,1-2H3. The van der Waals surface area contributed by atoms with Crippen LogP contribution in [0.25, 0.3) is 10.9 Å². The van der Waals surface area contributed by atoms with Crippen LogP contribution in [0.3, 0.4) is 0 Å². The first-order chi connectivity index (χ1) is 18.1. The summed E-state index contributed by atoms with van der Waals surface area (Å²) in [4.78, 5) is 19.1. The second-order valence-corrected chi connectivity index (χ2v) is 9.66. The van der Waals surface area contributed by atoms with Crippen molar-refractivity contribution in [2.75, 3.05) is 38.4 Å². The van der Waals surface area contributed by atoms with Crippen LogP contribution in [0.2, 0.25) is 5.02 Å². The van der Waals surface area contributed by atoms with Crippen LogP contribution in [-0.4, -0.2) is 49.2 Å². The van der Waals surface area contributed by atoms with Crippen molar-refractivity contribution in [3.63, 3.8) is 0 Å². The van der Waals surface area contributed by atoms with Crippen molar-refractivity contribution in [3.05, 3.63) is 57.0 Å². The third kappa shape index (κ3) is 4.82. The van der Waals surface area contributed by atoms with Crippen LogP contribution < -0.4 is 15.3 Å². The highest BCUT2D eigenvalue weighted by molar-refractivity contribution is 6.33. The minimum atomic E-state index is -4.37. The molecular weight excluding hydrogens is 523 g/mol. The molecule has 2 heterocycles. The summed E-state index contributed by atoms with van der Waals surface area (Å²) in [6.45, 7) is 1.48. The quantitative estimate of drug-likeness (QED) is 0.332. The Hall–Kier alpha value is -3.26. The number of anilines is 2. The third-order valence-corrected chi connectivity index (χ3v) is 7.11. The number of ether oxygens (including phenoxy) is 3. The molecule has 0 spiro atoms. The van der Waals surface area contributed by atoms with Crippen molar-refractivity contribution in [2.24, 2.45) is 12.5 Å². The molecule has 5 rings (SSSR count). The predicted molar refractivity (Wildman–Crippen MR) is 137 cm³/mol. The first-order valence-electron chi connectivity index (χ1n) is 12.0. The number of fused-ring (bicyclic) bond motifs is 2. The minimum absolute atomic E-state index is 0.00228. The van der Waals surface area contributed by atoms with Gasteiger partial charge in [0.2, 0.25) is 0 Å². The fourth-order valence-electron chi connectivity index (χ4n) is 4.44. The molecule has 2 aliphatic rings. The van der Waals surface area contributed by atoms with Gasteiger partial charge in [-0.3, -0.25) is 4.57 Å². The second-order valence-electron chi connectivity index (χ2n) is 9.26. The van der Waals surface area contributed by atoms with E-state index in [9.17, 15) is 18.0 Å². The molecule has 11 heteroatoms. The van der Waals surface area contributed by atoms with Crippen molar-refractivity contribution in [3.8, 4) is 17.6 Å². The van der Waals surface area contributed by atoms with E-state index >= 15 is 0 Å². The van der Waals surface area contributed by atoms with Gasteiger partial charge in [-0.2, -0.15) is 18.2 Å². The van der Waals surface area contributed by atoms with Crippen LogP contribution in [0.15, 0.2) is 35.1 Å². The maximum Gasteiger partial charge on any atom is 0.405 e. The summed E-state index contributed by atoms with van der Waals surface area (Å²) in [5.74, 6) is 6.01. The van der Waals surface area contributed by atoms with Gasteiger partial charge in [-0.05, 0) is 31.0 Å². The Morgan fingerprint density at radius 3 is 2.74 bits per heavy atom. The van der Waals surface area contributed by atoms with Crippen molar-refractivity contribution >= 4 is 34.0 Å². The molecule has 3 aromatic rings. The SMILES string of the molecule is COCCOc1cc2c(cc1Cl)c(N1CCOCc3c(C#CC4(C(F)(F)F)CC4)cccc31)nc(=O)n2C. The lowest BCUT2D eigenvalue weighted by Crippen LogP contribution is -2.28. The van der Waals surface area contributed by atoms with Gasteiger partial charge in [0.25, 0.3) is 0 Å². The first-order valence-corrected chi connectivity index (χ1v) is 12.4. The van der Waals surface area contributed by atoms with Gasteiger partial charge in [-0.25, -0.2) is 4.79 Å². The van der Waals surface area contributed by atoms with E-state index in [-0.39, 0.29) is 26.1 Å². The number of alkyl halides is 3. The fraction of sp³-hybridized carbons (Fsp3) is 0.407. The minimum Gasteiger partial charge on any atom is -0.490 e. The van der Waals surface area contributed by atoms with Crippen LogP contribution in [0.5, 0.6) is 5.75 Å². The van der Waals surface area contributed by atoms with Gasteiger partial charge in [0.15, 0.2) is 0 Å². The summed E-state index contributed by atoms with van der Waals surface area (Å²) in [6, 6.07) is 8.60. The van der Waals surface area contributed by atoms with Crippen LogP contribution in [-0.2, 0) is 23.1 Å². The van der Waals surface area contributed by atoms with E-state index in [4.69, 9.17) is 25.8 Å². The Bertz CT molecular complexity index is 1510. The Kier molecular flexibility index (Phi) is 7.03. The van der Waals surface area contributed by atoms with Crippen molar-refractivity contribution in [2.45, 2.75) is 25.6 Å². The molecule has 0 amide bonds. The number of rotatable bonds is 5. The molecule has 1 saturated carbocycles. The van der Waals surface area contributed by atoms with Gasteiger partial charge in [-0.1, -0.05) is 29.5 Å². The van der Waals surface area contributed by atoms with Crippen LogP contribution >= 0.6 is 11.6 Å². The zero-order valence-electron chi connectivity index (χ0n) is 20.8. The number of methoxy groups -OCH3 is 1. The van der Waals surface area contributed by atoms with E-state index in [2.05, 4.69) is 16.8 Å². The van der Waals surface area contributed by atoms with Gasteiger partial charge >= 0.3 is 11.9 Å². The molecule has 1 aliphatic carbocycles. The summed E-state index contributed by atoms with van der Waals surface area (Å²) in [7, 11) is 3.17. The van der Waals surface area contributed by atoms with E-state index in [1.807, 2.05) is 11.0 Å². The van der Waals surface area contributed by atoms with Gasteiger partial charge < -0.3 is 19.1 Å². The molecular formula is C27H25ClF3N3O4. The van der Waals surface area contributed by atoms with Crippen molar-refractivity contribution in [1.29, 1.82) is 0 Å². The summed E-state index contributed by atoms with van der Waals surface area (Å²) >= 11 is 6.54. The topological polar surface area (TPSA) is 65.8 Å². The van der Waals surface area contributed by atoms with Crippen LogP contribution in [0.1, 0.15) is 24.0 Å². The van der Waals surface area contributed by atoms with Crippen LogP contribution in [0, 0.1) is 17.3 Å². The van der Waals surface area contributed by atoms with E-state index in [1.165, 1.54) is 4.57 Å². The lowest BCUT2D eigenvalue weighted by Gasteiger charge is -2.25. The van der Waals surface area contributed by atoms with Gasteiger partial charge in [0.05, 0.1) is 30.4 Å². The maximum absolute atomic E-state index is 13.5. The van der Waals surface area contributed by atoms with Crippen molar-refractivity contribution < 1.29 is 27.4 Å². The van der Waals surface area contributed by atoms with Gasteiger partial charge in [-0.15, -0.1) is 0 Å². The molecule has 0 unspecified atom stereocenters. The Balaban J connectivity index is 1.62. The van der Waals surface area contributed by atoms with E-state index < -0.39 is 17.3 Å². The highest BCUT2D eigenvalue weighted by atomic mass is 35.5. The number of nitrogens with zero attached hydrogens (tertiary/aromatic N) is 3. The highest BCUT2D eigenvalue weighted by Crippen LogP contribution is 2.57. The Morgan fingerprint density at radius 1 is 1.24 bits per heavy atom. The molecule has 1 aromatic heterocycles. The lowest BCUT2D eigenvalue weighted by molar-refractivity contribution is -0.168. The fourth-order valence-corrected chi connectivity index (χ4v) is 4.66.